The van der Waals surface area contributed by atoms with Gasteiger partial charge in [0, 0.05) is 5.57 Å². The van der Waals surface area contributed by atoms with Gasteiger partial charge in [0.15, 0.2) is 5.78 Å². The Labute approximate surface area is 80.7 Å². The van der Waals surface area contributed by atoms with Crippen LogP contribution < -0.4 is 0 Å². The second-order valence-corrected chi connectivity index (χ2v) is 1.66. The van der Waals surface area contributed by atoms with Crippen LogP contribution in [0.4, 0.5) is 4.39 Å². The van der Waals surface area contributed by atoms with Gasteiger partial charge in [-0.3, -0.25) is 4.79 Å². The number of rotatable bonds is 2. The zero-order valence-electron chi connectivity index (χ0n) is 8.98. The fraction of sp³-hybridized carbons (Fsp3) is 0.364. The number of carbonyl (C=O) groups excluding carboxylic acids is 1. The molecule has 0 N–H and O–H groups in total. The molecule has 0 amide bonds. The average molecular weight is 186 g/mol. The third kappa shape index (κ3) is 10.8. The van der Waals surface area contributed by atoms with E-state index in [-0.39, 0.29) is 11.4 Å². The maximum Gasteiger partial charge on any atom is 0.162 e. The highest BCUT2D eigenvalue weighted by molar-refractivity contribution is 5.96. The van der Waals surface area contributed by atoms with E-state index in [1.807, 2.05) is 13.8 Å². The lowest BCUT2D eigenvalue weighted by atomic mass is 10.2. The molecule has 1 nitrogen and oxygen atoms in total. The lowest BCUT2D eigenvalue weighted by Gasteiger charge is -1.93. The molecular formula is C11H19FO. The molecule has 2 heteroatoms. The molecule has 0 fully saturated rings. The molecule has 0 saturated carbocycles. The molecule has 0 aromatic rings. The molecule has 0 unspecified atom stereocenters. The second-order valence-electron chi connectivity index (χ2n) is 1.66. The lowest BCUT2D eigenvalue weighted by Crippen LogP contribution is -1.94. The summed E-state index contributed by atoms with van der Waals surface area (Å²) in [4.78, 5) is 10.4. The standard InChI is InChI=1S/C7H9FO.C2H6.C2H4/c1-4-7(5(2)8)6(3)9;2*1-2/h4H,2H2,1,3H3;1-2H3;1-2H2/b7-4+;;. The van der Waals surface area contributed by atoms with Crippen LogP contribution in [0.15, 0.2) is 37.2 Å². The van der Waals surface area contributed by atoms with Gasteiger partial charge in [0.1, 0.15) is 5.83 Å². The van der Waals surface area contributed by atoms with E-state index in [1.54, 1.807) is 6.92 Å². The van der Waals surface area contributed by atoms with Gasteiger partial charge in [0.2, 0.25) is 0 Å². The number of Topliss-reactive ketones (excluding diaryl/α,β-unsaturated/α-hetero) is 1. The number of hydrogen-bond acceptors (Lipinski definition) is 1. The van der Waals surface area contributed by atoms with Crippen molar-refractivity contribution < 1.29 is 9.18 Å². The number of hydrogen-bond donors (Lipinski definition) is 0. The van der Waals surface area contributed by atoms with Crippen molar-refractivity contribution in [2.45, 2.75) is 27.7 Å². The Kier molecular flexibility index (Phi) is 18.4. The molecule has 0 radical (unpaired) electrons. The van der Waals surface area contributed by atoms with Crippen molar-refractivity contribution in [2.24, 2.45) is 0 Å². The maximum absolute atomic E-state index is 12.1. The fourth-order valence-electron chi connectivity index (χ4n) is 0.551. The van der Waals surface area contributed by atoms with Gasteiger partial charge in [-0.05, 0) is 13.8 Å². The first kappa shape index (κ1) is 17.8. The zero-order chi connectivity index (χ0) is 11.4. The maximum atomic E-state index is 12.1. The summed E-state index contributed by atoms with van der Waals surface area (Å²) in [5.74, 6) is -0.949. The smallest absolute Gasteiger partial charge is 0.162 e. The summed E-state index contributed by atoms with van der Waals surface area (Å²) in [6, 6.07) is 0. The largest absolute Gasteiger partial charge is 0.294 e. The van der Waals surface area contributed by atoms with Crippen LogP contribution in [0.5, 0.6) is 0 Å². The van der Waals surface area contributed by atoms with Crippen molar-refractivity contribution in [1.29, 1.82) is 0 Å². The van der Waals surface area contributed by atoms with Crippen LogP contribution in [-0.2, 0) is 4.79 Å². The van der Waals surface area contributed by atoms with Crippen molar-refractivity contribution >= 4 is 5.78 Å². The van der Waals surface area contributed by atoms with Crippen LogP contribution in [0.2, 0.25) is 0 Å². The quantitative estimate of drug-likeness (QED) is 0.364. The van der Waals surface area contributed by atoms with Crippen molar-refractivity contribution in [3.05, 3.63) is 37.2 Å². The molecule has 0 aromatic carbocycles. The Bertz CT molecular complexity index is 165. The first-order valence-electron chi connectivity index (χ1n) is 4.11. The van der Waals surface area contributed by atoms with Gasteiger partial charge in [-0.15, -0.1) is 13.2 Å². The van der Waals surface area contributed by atoms with E-state index in [0.717, 1.165) is 0 Å². The predicted molar refractivity (Wildman–Crippen MR) is 57.3 cm³/mol. The Morgan fingerprint density at radius 3 is 1.62 bits per heavy atom. The number of allylic oxidation sites excluding steroid dienone is 3. The Hall–Kier alpha value is -1.18. The average Bonchev–Trinajstić information content (AvgIpc) is 2.11. The highest BCUT2D eigenvalue weighted by Gasteiger charge is 2.04. The molecule has 76 valence electrons. The summed E-state index contributed by atoms with van der Waals surface area (Å²) in [6.07, 6.45) is 1.41. The first-order chi connectivity index (χ1) is 6.09. The topological polar surface area (TPSA) is 17.1 Å². The molecule has 0 aromatic heterocycles. The summed E-state index contributed by atoms with van der Waals surface area (Å²) in [5.41, 5.74) is 0.0648. The van der Waals surface area contributed by atoms with Crippen molar-refractivity contribution in [1.82, 2.24) is 0 Å². The second kappa shape index (κ2) is 13.4. The van der Waals surface area contributed by atoms with Crippen LogP contribution in [-0.4, -0.2) is 5.78 Å². The van der Waals surface area contributed by atoms with Crippen LogP contribution in [0.25, 0.3) is 0 Å². The summed E-state index contributed by atoms with van der Waals surface area (Å²) >= 11 is 0. The highest BCUT2D eigenvalue weighted by Crippen LogP contribution is 2.08. The molecule has 0 aliphatic carbocycles. The number of ketones is 1. The van der Waals surface area contributed by atoms with E-state index >= 15 is 0 Å². The Morgan fingerprint density at radius 2 is 1.62 bits per heavy atom. The normalized spacial score (nSPS) is 8.54. The molecule has 13 heavy (non-hydrogen) atoms. The fourth-order valence-corrected chi connectivity index (χ4v) is 0.551. The van der Waals surface area contributed by atoms with E-state index in [4.69, 9.17) is 0 Å². The molecule has 0 heterocycles. The zero-order valence-corrected chi connectivity index (χ0v) is 8.98. The third-order valence-electron chi connectivity index (χ3n) is 0.960. The van der Waals surface area contributed by atoms with Gasteiger partial charge in [0.05, 0.1) is 0 Å². The minimum atomic E-state index is -0.662. The van der Waals surface area contributed by atoms with Gasteiger partial charge in [-0.2, -0.15) is 0 Å². The van der Waals surface area contributed by atoms with Gasteiger partial charge in [-0.1, -0.05) is 26.5 Å². The van der Waals surface area contributed by atoms with E-state index in [9.17, 15) is 9.18 Å². The van der Waals surface area contributed by atoms with Gasteiger partial charge in [0.25, 0.3) is 0 Å². The summed E-state index contributed by atoms with van der Waals surface area (Å²) in [6.45, 7) is 15.9. The van der Waals surface area contributed by atoms with Crippen LogP contribution in [0.3, 0.4) is 0 Å². The van der Waals surface area contributed by atoms with E-state index in [1.165, 1.54) is 13.0 Å². The number of halogens is 1. The van der Waals surface area contributed by atoms with Gasteiger partial charge < -0.3 is 0 Å². The molecule has 0 aliphatic rings. The molecule has 0 saturated heterocycles. The molecule has 0 bridgehead atoms. The molecule has 0 aliphatic heterocycles. The predicted octanol–water partition coefficient (Wildman–Crippen LogP) is 3.83. The molecular weight excluding hydrogens is 167 g/mol. The van der Waals surface area contributed by atoms with E-state index in [0.29, 0.717) is 0 Å². The lowest BCUT2D eigenvalue weighted by molar-refractivity contribution is -0.113. The van der Waals surface area contributed by atoms with Gasteiger partial charge >= 0.3 is 0 Å². The van der Waals surface area contributed by atoms with E-state index in [2.05, 4.69) is 19.7 Å². The Balaban J connectivity index is -0.000000218. The van der Waals surface area contributed by atoms with Crippen molar-refractivity contribution in [2.75, 3.05) is 0 Å². The van der Waals surface area contributed by atoms with E-state index < -0.39 is 5.83 Å². The molecule has 0 rings (SSSR count). The highest BCUT2D eigenvalue weighted by atomic mass is 19.1. The Morgan fingerprint density at radius 1 is 1.31 bits per heavy atom. The monoisotopic (exact) mass is 186 g/mol. The SMILES string of the molecule is C=C.C=C(F)/C(=C\C)C(C)=O.CC. The minimum Gasteiger partial charge on any atom is -0.294 e. The van der Waals surface area contributed by atoms with Crippen LogP contribution >= 0.6 is 0 Å². The van der Waals surface area contributed by atoms with Crippen LogP contribution in [0, 0.1) is 0 Å². The molecule has 0 atom stereocenters. The van der Waals surface area contributed by atoms with Crippen molar-refractivity contribution in [3.63, 3.8) is 0 Å². The summed E-state index contributed by atoms with van der Waals surface area (Å²) in [7, 11) is 0. The first-order valence-corrected chi connectivity index (χ1v) is 4.11. The third-order valence-corrected chi connectivity index (χ3v) is 0.960. The van der Waals surface area contributed by atoms with Crippen molar-refractivity contribution in [3.8, 4) is 0 Å². The molecule has 0 spiro atoms. The van der Waals surface area contributed by atoms with Crippen LogP contribution in [0.1, 0.15) is 27.7 Å². The summed E-state index contributed by atoms with van der Waals surface area (Å²) < 4.78 is 12.1. The van der Waals surface area contributed by atoms with Gasteiger partial charge in [-0.25, -0.2) is 4.39 Å². The minimum absolute atomic E-state index is 0.0648. The number of carbonyl (C=O) groups is 1. The summed E-state index contributed by atoms with van der Waals surface area (Å²) in [5, 5.41) is 0.